The second kappa shape index (κ2) is 62.9. The minimum Gasteiger partial charge on any atom is -0.466 e. The molecule has 73 heavy (non-hydrogen) atoms. The van der Waals surface area contributed by atoms with E-state index < -0.39 is 12.1 Å². The number of unbranched alkanes of at least 4 members (excludes halogenated alkanes) is 49. The predicted molar refractivity (Wildman–Crippen MR) is 320 cm³/mol. The molecule has 2 atom stereocenters. The lowest BCUT2D eigenvalue weighted by molar-refractivity contribution is -0.143. The Hall–Kier alpha value is -1.66. The number of carbonyl (C=O) groups is 2. The number of esters is 1. The second-order valence-electron chi connectivity index (χ2n) is 22.8. The summed E-state index contributed by atoms with van der Waals surface area (Å²) in [5, 5.41) is 23.2. The molecule has 6 nitrogen and oxygen atoms in total. The largest absolute Gasteiger partial charge is 0.466 e. The van der Waals surface area contributed by atoms with Crippen LogP contribution in [0.4, 0.5) is 0 Å². The number of aliphatic hydroxyl groups is 2. The molecule has 0 radical (unpaired) electrons. The van der Waals surface area contributed by atoms with Gasteiger partial charge in [-0.05, 0) is 57.8 Å². The zero-order valence-electron chi connectivity index (χ0n) is 49.4. The van der Waals surface area contributed by atoms with E-state index in [1.165, 1.54) is 295 Å². The van der Waals surface area contributed by atoms with Gasteiger partial charge < -0.3 is 20.3 Å². The predicted octanol–water partition coefficient (Wildman–Crippen LogP) is 21.0. The quantitative estimate of drug-likeness (QED) is 0.0320. The van der Waals surface area contributed by atoms with Gasteiger partial charge >= 0.3 is 5.97 Å². The number of carbonyl (C=O) groups excluding carboxylic acids is 2. The van der Waals surface area contributed by atoms with Crippen LogP contribution in [0.2, 0.25) is 0 Å². The lowest BCUT2D eigenvalue weighted by Gasteiger charge is -2.20. The average Bonchev–Trinajstić information content (AvgIpc) is 3.39. The van der Waals surface area contributed by atoms with Gasteiger partial charge in [-0.25, -0.2) is 0 Å². The number of hydrogen-bond acceptors (Lipinski definition) is 5. The van der Waals surface area contributed by atoms with Gasteiger partial charge in [-0.3, -0.25) is 9.59 Å². The van der Waals surface area contributed by atoms with Crippen molar-refractivity contribution >= 4 is 11.9 Å². The first-order valence-electron chi connectivity index (χ1n) is 33.1. The number of hydrogen-bond donors (Lipinski definition) is 3. The Morgan fingerprint density at radius 3 is 0.986 bits per heavy atom. The molecule has 3 N–H and O–H groups in total. The first-order valence-corrected chi connectivity index (χ1v) is 33.1. The molecular formula is C67H129NO5. The van der Waals surface area contributed by atoms with Crippen LogP contribution in [-0.4, -0.2) is 47.4 Å². The third-order valence-corrected chi connectivity index (χ3v) is 15.5. The molecule has 0 aliphatic rings. The van der Waals surface area contributed by atoms with Gasteiger partial charge in [-0.2, -0.15) is 0 Å². The van der Waals surface area contributed by atoms with Crippen LogP contribution in [0.3, 0.4) is 0 Å². The number of nitrogens with one attached hydrogen (secondary N) is 1. The van der Waals surface area contributed by atoms with Gasteiger partial charge in [0, 0.05) is 12.8 Å². The first-order chi connectivity index (χ1) is 36.0. The molecule has 6 heteroatoms. The van der Waals surface area contributed by atoms with E-state index >= 15 is 0 Å². The van der Waals surface area contributed by atoms with Crippen LogP contribution >= 0.6 is 0 Å². The molecule has 0 saturated heterocycles. The fraction of sp³-hybridized carbons (Fsp3) is 0.910. The lowest BCUT2D eigenvalue weighted by atomic mass is 10.0. The van der Waals surface area contributed by atoms with E-state index in [9.17, 15) is 19.8 Å². The fourth-order valence-electron chi connectivity index (χ4n) is 10.4. The van der Waals surface area contributed by atoms with Crippen LogP contribution in [-0.2, 0) is 14.3 Å². The molecule has 0 saturated carbocycles. The number of aliphatic hydroxyl groups excluding tert-OH is 2. The summed E-state index contributed by atoms with van der Waals surface area (Å²) in [6.45, 7) is 4.91. The van der Waals surface area contributed by atoms with E-state index in [0.29, 0.717) is 19.4 Å². The molecule has 1 amide bonds. The Kier molecular flexibility index (Phi) is 61.4. The Morgan fingerprint density at radius 1 is 0.370 bits per heavy atom. The maximum Gasteiger partial charge on any atom is 0.305 e. The van der Waals surface area contributed by atoms with Crippen molar-refractivity contribution in [2.45, 2.75) is 379 Å². The van der Waals surface area contributed by atoms with E-state index in [2.05, 4.69) is 31.3 Å². The highest BCUT2D eigenvalue weighted by molar-refractivity contribution is 5.76. The third kappa shape index (κ3) is 59.4. The van der Waals surface area contributed by atoms with Crippen molar-refractivity contribution in [3.63, 3.8) is 0 Å². The monoisotopic (exact) mass is 1030 g/mol. The van der Waals surface area contributed by atoms with Crippen LogP contribution in [0, 0.1) is 0 Å². The maximum absolute atomic E-state index is 12.5. The van der Waals surface area contributed by atoms with Gasteiger partial charge in [0.2, 0.25) is 5.91 Å². The highest BCUT2D eigenvalue weighted by Crippen LogP contribution is 2.18. The molecule has 0 fully saturated rings. The van der Waals surface area contributed by atoms with Gasteiger partial charge in [0.1, 0.15) is 0 Å². The van der Waals surface area contributed by atoms with Crippen molar-refractivity contribution in [1.82, 2.24) is 5.32 Å². The topological polar surface area (TPSA) is 95.9 Å². The van der Waals surface area contributed by atoms with Crippen molar-refractivity contribution < 1.29 is 24.5 Å². The zero-order valence-corrected chi connectivity index (χ0v) is 49.4. The molecule has 0 aliphatic carbocycles. The zero-order chi connectivity index (χ0) is 52.9. The summed E-state index contributed by atoms with van der Waals surface area (Å²) in [5.74, 6) is -0.0606. The van der Waals surface area contributed by atoms with Crippen LogP contribution in [0.1, 0.15) is 367 Å². The van der Waals surface area contributed by atoms with Crippen LogP contribution in [0.25, 0.3) is 0 Å². The van der Waals surface area contributed by atoms with Gasteiger partial charge in [-0.1, -0.05) is 321 Å². The van der Waals surface area contributed by atoms with Crippen molar-refractivity contribution in [1.29, 1.82) is 0 Å². The Balaban J connectivity index is 3.41. The molecule has 0 rings (SSSR count). The SMILES string of the molecule is CCCCCC/C=C\CCCCCCCC(=O)OCCCCCCCCCCCCCCCCCCCCCCCCC(=O)NC(CO)C(O)/C=C/CCCCCCCCCCCCCCCCCCCCC. The highest BCUT2D eigenvalue weighted by Gasteiger charge is 2.18. The van der Waals surface area contributed by atoms with E-state index in [1.807, 2.05) is 6.08 Å². The standard InChI is InChI=1S/C67H129NO5/c1-3-5-7-9-11-13-15-17-18-19-20-23-26-29-32-36-39-43-47-51-55-59-65(70)64(63-69)68-66(71)60-56-52-48-44-40-37-33-30-27-24-21-22-25-28-31-34-38-42-46-50-54-58-62-73-67(72)61-57-53-49-45-41-35-16-14-12-10-8-6-4-2/h14,16,55,59,64-65,69-70H,3-13,15,17-54,56-58,60-63H2,1-2H3,(H,68,71)/b16-14-,59-55+. The summed E-state index contributed by atoms with van der Waals surface area (Å²) in [4.78, 5) is 24.5. The first kappa shape index (κ1) is 71.3. The third-order valence-electron chi connectivity index (χ3n) is 15.5. The summed E-state index contributed by atoms with van der Waals surface area (Å²) >= 11 is 0. The van der Waals surface area contributed by atoms with Crippen LogP contribution in [0.5, 0.6) is 0 Å². The Morgan fingerprint density at radius 2 is 0.644 bits per heavy atom. The summed E-state index contributed by atoms with van der Waals surface area (Å²) < 4.78 is 5.48. The minimum absolute atomic E-state index is 0.00403. The second-order valence-corrected chi connectivity index (χ2v) is 22.8. The van der Waals surface area contributed by atoms with Gasteiger partial charge in [0.05, 0.1) is 25.4 Å². The number of rotatable bonds is 62. The Labute approximate surface area is 456 Å². The van der Waals surface area contributed by atoms with Gasteiger partial charge in [0.25, 0.3) is 0 Å². The fourth-order valence-corrected chi connectivity index (χ4v) is 10.4. The highest BCUT2D eigenvalue weighted by atomic mass is 16.5. The molecule has 0 aromatic carbocycles. The van der Waals surface area contributed by atoms with E-state index in [1.54, 1.807) is 6.08 Å². The minimum atomic E-state index is -0.845. The summed E-state index contributed by atoms with van der Waals surface area (Å²) in [6.07, 6.45) is 78.0. The smallest absolute Gasteiger partial charge is 0.305 e. The molecule has 0 heterocycles. The van der Waals surface area contributed by atoms with E-state index in [0.717, 1.165) is 44.9 Å². The van der Waals surface area contributed by atoms with Gasteiger partial charge in [-0.15, -0.1) is 0 Å². The number of allylic oxidation sites excluding steroid dienone is 3. The molecule has 0 aromatic rings. The van der Waals surface area contributed by atoms with E-state index in [4.69, 9.17) is 4.74 Å². The van der Waals surface area contributed by atoms with E-state index in [-0.39, 0.29) is 18.5 Å². The molecule has 0 aromatic heterocycles. The maximum atomic E-state index is 12.5. The number of ether oxygens (including phenoxy) is 1. The van der Waals surface area contributed by atoms with Crippen molar-refractivity contribution in [3.8, 4) is 0 Å². The Bertz CT molecular complexity index is 1140. The molecule has 0 bridgehead atoms. The lowest BCUT2D eigenvalue weighted by Crippen LogP contribution is -2.45. The summed E-state index contributed by atoms with van der Waals surface area (Å²) in [5.41, 5.74) is 0. The van der Waals surface area contributed by atoms with Crippen molar-refractivity contribution in [3.05, 3.63) is 24.3 Å². The van der Waals surface area contributed by atoms with Crippen molar-refractivity contribution in [2.75, 3.05) is 13.2 Å². The summed E-state index contributed by atoms with van der Waals surface area (Å²) in [6, 6.07) is -0.629. The normalized spacial score (nSPS) is 12.7. The molecule has 2 unspecified atom stereocenters. The van der Waals surface area contributed by atoms with Crippen molar-refractivity contribution in [2.24, 2.45) is 0 Å². The molecular weight excluding hydrogens is 899 g/mol. The molecule has 0 spiro atoms. The number of amides is 1. The van der Waals surface area contributed by atoms with Crippen LogP contribution in [0.15, 0.2) is 24.3 Å². The summed E-state index contributed by atoms with van der Waals surface area (Å²) in [7, 11) is 0. The average molecular weight is 1030 g/mol. The molecule has 432 valence electrons. The molecule has 0 aliphatic heterocycles. The van der Waals surface area contributed by atoms with Gasteiger partial charge in [0.15, 0.2) is 0 Å². The van der Waals surface area contributed by atoms with Crippen LogP contribution < -0.4 is 5.32 Å².